The SMILES string of the molecule is FC(F)(F)c1nccc(Nc2ccc3c(c2)CCN2CCNCC32)n1. The van der Waals surface area contributed by atoms with E-state index in [1.54, 1.807) is 0 Å². The van der Waals surface area contributed by atoms with Gasteiger partial charge in [-0.05, 0) is 35.7 Å². The smallest absolute Gasteiger partial charge is 0.340 e. The second-order valence-electron chi connectivity index (χ2n) is 6.31. The molecule has 132 valence electrons. The average Bonchev–Trinajstić information content (AvgIpc) is 2.61. The van der Waals surface area contributed by atoms with Crippen LogP contribution in [-0.4, -0.2) is 41.0 Å². The largest absolute Gasteiger partial charge is 0.451 e. The molecule has 1 saturated heterocycles. The van der Waals surface area contributed by atoms with Gasteiger partial charge in [-0.3, -0.25) is 4.90 Å². The molecule has 0 spiro atoms. The van der Waals surface area contributed by atoms with E-state index in [-0.39, 0.29) is 5.82 Å². The Morgan fingerprint density at radius 1 is 1.20 bits per heavy atom. The van der Waals surface area contributed by atoms with Gasteiger partial charge in [-0.2, -0.15) is 13.2 Å². The lowest BCUT2D eigenvalue weighted by Crippen LogP contribution is -2.48. The zero-order valence-electron chi connectivity index (χ0n) is 13.5. The summed E-state index contributed by atoms with van der Waals surface area (Å²) in [5.41, 5.74) is 3.27. The Kier molecular flexibility index (Phi) is 4.09. The van der Waals surface area contributed by atoms with E-state index in [0.717, 1.165) is 44.5 Å². The first-order valence-corrected chi connectivity index (χ1v) is 8.25. The number of anilines is 2. The van der Waals surface area contributed by atoms with Crippen molar-refractivity contribution in [2.24, 2.45) is 0 Å². The third-order valence-corrected chi connectivity index (χ3v) is 4.71. The van der Waals surface area contributed by atoms with Gasteiger partial charge in [0.25, 0.3) is 0 Å². The summed E-state index contributed by atoms with van der Waals surface area (Å²) in [6, 6.07) is 7.78. The summed E-state index contributed by atoms with van der Waals surface area (Å²) in [4.78, 5) is 9.31. The minimum atomic E-state index is -4.55. The molecule has 2 aliphatic rings. The Balaban J connectivity index is 1.57. The topological polar surface area (TPSA) is 53.1 Å². The maximum atomic E-state index is 12.7. The van der Waals surface area contributed by atoms with Crippen molar-refractivity contribution in [3.05, 3.63) is 47.4 Å². The van der Waals surface area contributed by atoms with Gasteiger partial charge in [0.1, 0.15) is 5.82 Å². The number of piperazine rings is 1. The number of rotatable bonds is 2. The van der Waals surface area contributed by atoms with Gasteiger partial charge in [0.05, 0.1) is 0 Å². The number of nitrogens with zero attached hydrogens (tertiary/aromatic N) is 3. The van der Waals surface area contributed by atoms with Gasteiger partial charge in [0, 0.05) is 44.1 Å². The van der Waals surface area contributed by atoms with Crippen LogP contribution in [0.4, 0.5) is 24.7 Å². The Morgan fingerprint density at radius 3 is 2.92 bits per heavy atom. The van der Waals surface area contributed by atoms with Crippen LogP contribution in [0.3, 0.4) is 0 Å². The normalized spacial score (nSPS) is 20.7. The second-order valence-corrected chi connectivity index (χ2v) is 6.31. The van der Waals surface area contributed by atoms with Crippen molar-refractivity contribution < 1.29 is 13.2 Å². The van der Waals surface area contributed by atoms with Crippen LogP contribution < -0.4 is 10.6 Å². The maximum absolute atomic E-state index is 12.7. The quantitative estimate of drug-likeness (QED) is 0.873. The Bertz CT molecular complexity index is 777. The highest BCUT2D eigenvalue weighted by atomic mass is 19.4. The lowest BCUT2D eigenvalue weighted by Gasteiger charge is -2.41. The van der Waals surface area contributed by atoms with E-state index in [1.807, 2.05) is 12.1 Å². The number of fused-ring (bicyclic) bond motifs is 3. The van der Waals surface area contributed by atoms with Crippen molar-refractivity contribution in [1.29, 1.82) is 0 Å². The highest BCUT2D eigenvalue weighted by molar-refractivity contribution is 5.58. The Labute approximate surface area is 143 Å². The maximum Gasteiger partial charge on any atom is 0.451 e. The molecule has 0 aliphatic carbocycles. The molecule has 1 aromatic heterocycles. The van der Waals surface area contributed by atoms with Crippen LogP contribution in [0.2, 0.25) is 0 Å². The van der Waals surface area contributed by atoms with Crippen molar-refractivity contribution in [3.63, 3.8) is 0 Å². The molecule has 2 aromatic rings. The van der Waals surface area contributed by atoms with Gasteiger partial charge >= 0.3 is 6.18 Å². The van der Waals surface area contributed by atoms with E-state index in [1.165, 1.54) is 17.2 Å². The predicted octanol–water partition coefficient (Wildman–Crippen LogP) is 2.74. The summed E-state index contributed by atoms with van der Waals surface area (Å²) in [5, 5.41) is 6.38. The molecule has 0 saturated carbocycles. The van der Waals surface area contributed by atoms with Gasteiger partial charge < -0.3 is 10.6 Å². The van der Waals surface area contributed by atoms with Crippen LogP contribution in [0, 0.1) is 0 Å². The summed E-state index contributed by atoms with van der Waals surface area (Å²) in [5.74, 6) is -1.00. The van der Waals surface area contributed by atoms with Crippen LogP contribution in [-0.2, 0) is 12.6 Å². The minimum absolute atomic E-state index is 0.138. The fourth-order valence-corrected chi connectivity index (χ4v) is 3.52. The molecule has 4 rings (SSSR count). The zero-order valence-corrected chi connectivity index (χ0v) is 13.5. The molecule has 1 aromatic carbocycles. The molecule has 2 aliphatic heterocycles. The number of alkyl halides is 3. The molecule has 5 nitrogen and oxygen atoms in total. The zero-order chi connectivity index (χ0) is 17.4. The second kappa shape index (κ2) is 6.27. The van der Waals surface area contributed by atoms with Crippen LogP contribution in [0.15, 0.2) is 30.5 Å². The lowest BCUT2D eigenvalue weighted by molar-refractivity contribution is -0.144. The fraction of sp³-hybridized carbons (Fsp3) is 0.412. The highest BCUT2D eigenvalue weighted by Gasteiger charge is 2.34. The molecule has 1 fully saturated rings. The molecule has 8 heteroatoms. The highest BCUT2D eigenvalue weighted by Crippen LogP contribution is 2.33. The van der Waals surface area contributed by atoms with Crippen molar-refractivity contribution in [3.8, 4) is 0 Å². The van der Waals surface area contributed by atoms with E-state index >= 15 is 0 Å². The molecule has 1 atom stereocenters. The molecule has 3 heterocycles. The molecular weight excluding hydrogens is 331 g/mol. The van der Waals surface area contributed by atoms with Crippen LogP contribution in [0.1, 0.15) is 23.0 Å². The number of hydrogen-bond donors (Lipinski definition) is 2. The first-order valence-electron chi connectivity index (χ1n) is 8.25. The summed E-state index contributed by atoms with van der Waals surface area (Å²) in [7, 11) is 0. The van der Waals surface area contributed by atoms with Gasteiger partial charge in [-0.1, -0.05) is 6.07 Å². The Morgan fingerprint density at radius 2 is 2.08 bits per heavy atom. The number of nitrogens with one attached hydrogen (secondary N) is 2. The van der Waals surface area contributed by atoms with Crippen molar-refractivity contribution in [2.45, 2.75) is 18.6 Å². The third kappa shape index (κ3) is 3.32. The van der Waals surface area contributed by atoms with Gasteiger partial charge in [0.15, 0.2) is 0 Å². The molecule has 0 bridgehead atoms. The van der Waals surface area contributed by atoms with E-state index in [0.29, 0.717) is 6.04 Å². The molecule has 1 unspecified atom stereocenters. The van der Waals surface area contributed by atoms with E-state index < -0.39 is 12.0 Å². The van der Waals surface area contributed by atoms with Gasteiger partial charge in [-0.15, -0.1) is 0 Å². The summed E-state index contributed by atoms with van der Waals surface area (Å²) < 4.78 is 38.2. The Hall–Kier alpha value is -2.19. The molecular formula is C17H18F3N5. The summed E-state index contributed by atoms with van der Waals surface area (Å²) >= 11 is 0. The number of aromatic nitrogens is 2. The van der Waals surface area contributed by atoms with Crippen molar-refractivity contribution in [1.82, 2.24) is 20.2 Å². The van der Waals surface area contributed by atoms with Crippen LogP contribution >= 0.6 is 0 Å². The van der Waals surface area contributed by atoms with E-state index in [2.05, 4.69) is 31.6 Å². The minimum Gasteiger partial charge on any atom is -0.340 e. The average molecular weight is 349 g/mol. The van der Waals surface area contributed by atoms with Crippen molar-refractivity contribution in [2.75, 3.05) is 31.5 Å². The fourth-order valence-electron chi connectivity index (χ4n) is 3.52. The third-order valence-electron chi connectivity index (χ3n) is 4.71. The van der Waals surface area contributed by atoms with Crippen molar-refractivity contribution >= 4 is 11.5 Å². The van der Waals surface area contributed by atoms with E-state index in [4.69, 9.17) is 0 Å². The standard InChI is InChI=1S/C17H18F3N5/c18-17(19,20)16-22-5-3-15(24-16)23-12-1-2-13-11(9-12)4-7-25-8-6-21-10-14(13)25/h1-3,5,9,14,21H,4,6-8,10H2,(H,22,23,24). The number of halogens is 3. The summed E-state index contributed by atoms with van der Waals surface area (Å²) in [6.45, 7) is 4.00. The lowest BCUT2D eigenvalue weighted by atomic mass is 9.91. The van der Waals surface area contributed by atoms with Crippen LogP contribution in [0.25, 0.3) is 0 Å². The van der Waals surface area contributed by atoms with Gasteiger partial charge in [-0.25, -0.2) is 9.97 Å². The predicted molar refractivity (Wildman–Crippen MR) is 87.6 cm³/mol. The monoisotopic (exact) mass is 349 g/mol. The van der Waals surface area contributed by atoms with Crippen LogP contribution in [0.5, 0.6) is 0 Å². The summed E-state index contributed by atoms with van der Waals surface area (Å²) in [6.07, 6.45) is -2.49. The molecule has 2 N–H and O–H groups in total. The molecule has 0 amide bonds. The molecule has 0 radical (unpaired) electrons. The molecule has 25 heavy (non-hydrogen) atoms. The number of benzene rings is 1. The number of hydrogen-bond acceptors (Lipinski definition) is 5. The first-order chi connectivity index (χ1) is 12.0. The van der Waals surface area contributed by atoms with E-state index in [9.17, 15) is 13.2 Å². The van der Waals surface area contributed by atoms with Gasteiger partial charge in [0.2, 0.25) is 5.82 Å². The first kappa shape index (κ1) is 16.3.